The summed E-state index contributed by atoms with van der Waals surface area (Å²) in [7, 11) is 0. The van der Waals surface area contributed by atoms with Gasteiger partial charge in [-0.15, -0.1) is 0 Å². The van der Waals surface area contributed by atoms with E-state index in [4.69, 9.17) is 11.0 Å². The van der Waals surface area contributed by atoms with Crippen LogP contribution < -0.4 is 11.1 Å². The second-order valence-corrected chi connectivity index (χ2v) is 5.91. The number of nitrogens with zero attached hydrogens (tertiary/aromatic N) is 3. The van der Waals surface area contributed by atoms with Crippen molar-refractivity contribution in [2.24, 2.45) is 0 Å². The minimum atomic E-state index is -0.153. The molecule has 0 atom stereocenters. The third-order valence-electron chi connectivity index (χ3n) is 2.97. The van der Waals surface area contributed by atoms with Crippen LogP contribution in [0.2, 0.25) is 0 Å². The first-order valence-electron chi connectivity index (χ1n) is 6.76. The zero-order valence-electron chi connectivity index (χ0n) is 12.5. The predicted molar refractivity (Wildman–Crippen MR) is 83.6 cm³/mol. The van der Waals surface area contributed by atoms with Crippen LogP contribution in [0.4, 0.5) is 11.6 Å². The third kappa shape index (κ3) is 3.93. The maximum Gasteiger partial charge on any atom is 0.138 e. The highest BCUT2D eigenvalue weighted by Crippen LogP contribution is 2.21. The number of aromatic nitrogens is 2. The molecule has 0 radical (unpaired) electrons. The molecule has 0 fully saturated rings. The summed E-state index contributed by atoms with van der Waals surface area (Å²) in [5.74, 6) is 1.87. The molecule has 3 N–H and O–H groups in total. The van der Waals surface area contributed by atoms with Gasteiger partial charge in [-0.05, 0) is 17.7 Å². The fraction of sp³-hybridized carbons (Fsp3) is 0.312. The van der Waals surface area contributed by atoms with Gasteiger partial charge >= 0.3 is 0 Å². The lowest BCUT2D eigenvalue weighted by Crippen LogP contribution is -2.18. The van der Waals surface area contributed by atoms with Gasteiger partial charge in [-0.3, -0.25) is 0 Å². The molecule has 0 unspecified atom stereocenters. The van der Waals surface area contributed by atoms with E-state index in [0.29, 0.717) is 29.6 Å². The molecule has 2 rings (SSSR count). The Labute approximate surface area is 124 Å². The molecule has 0 spiro atoms. The molecule has 5 heteroatoms. The van der Waals surface area contributed by atoms with E-state index in [-0.39, 0.29) is 5.41 Å². The van der Waals surface area contributed by atoms with Gasteiger partial charge in [0, 0.05) is 18.0 Å². The average Bonchev–Trinajstić information content (AvgIpc) is 2.44. The lowest BCUT2D eigenvalue weighted by Gasteiger charge is -2.18. The monoisotopic (exact) mass is 281 g/mol. The van der Waals surface area contributed by atoms with Crippen molar-refractivity contribution in [3.05, 3.63) is 47.3 Å². The molecule has 0 aliphatic carbocycles. The molecule has 108 valence electrons. The van der Waals surface area contributed by atoms with Crippen LogP contribution in [0.5, 0.6) is 0 Å². The van der Waals surface area contributed by atoms with Gasteiger partial charge in [-0.2, -0.15) is 5.26 Å². The van der Waals surface area contributed by atoms with E-state index in [2.05, 4.69) is 21.4 Å². The van der Waals surface area contributed by atoms with Crippen molar-refractivity contribution in [2.75, 3.05) is 11.1 Å². The summed E-state index contributed by atoms with van der Waals surface area (Å²) in [5.41, 5.74) is 7.41. The second-order valence-electron chi connectivity index (χ2n) is 5.91. The van der Waals surface area contributed by atoms with Crippen molar-refractivity contribution >= 4 is 11.6 Å². The van der Waals surface area contributed by atoms with E-state index in [1.807, 2.05) is 32.9 Å². The Bertz CT molecular complexity index is 663. The lowest BCUT2D eigenvalue weighted by molar-refractivity contribution is 0.547. The van der Waals surface area contributed by atoms with Crippen LogP contribution in [-0.2, 0) is 12.0 Å². The van der Waals surface area contributed by atoms with E-state index in [1.165, 1.54) is 0 Å². The SMILES string of the molecule is CC(C)(C)c1nc(N)cc(NCc2ccc(C#N)cc2)n1. The molecule has 0 saturated carbocycles. The zero-order valence-corrected chi connectivity index (χ0v) is 12.5. The highest BCUT2D eigenvalue weighted by Gasteiger charge is 2.18. The molecular formula is C16H19N5. The lowest BCUT2D eigenvalue weighted by atomic mass is 9.96. The normalized spacial score (nSPS) is 11.0. The van der Waals surface area contributed by atoms with Crippen molar-refractivity contribution < 1.29 is 0 Å². The van der Waals surface area contributed by atoms with E-state index < -0.39 is 0 Å². The molecule has 0 bridgehead atoms. The topological polar surface area (TPSA) is 87.6 Å². The van der Waals surface area contributed by atoms with E-state index in [1.54, 1.807) is 18.2 Å². The fourth-order valence-electron chi connectivity index (χ4n) is 1.78. The van der Waals surface area contributed by atoms with E-state index >= 15 is 0 Å². The first kappa shape index (κ1) is 14.8. The Balaban J connectivity index is 2.12. The summed E-state index contributed by atoms with van der Waals surface area (Å²) in [6, 6.07) is 11.3. The Kier molecular flexibility index (Phi) is 4.08. The molecular weight excluding hydrogens is 262 g/mol. The standard InChI is InChI=1S/C16H19N5/c1-16(2,3)15-20-13(18)8-14(21-15)19-10-12-6-4-11(9-17)5-7-12/h4-8H,10H2,1-3H3,(H3,18,19,20,21). The number of nitrogen functional groups attached to an aromatic ring is 1. The van der Waals surface area contributed by atoms with Crippen LogP contribution in [0.1, 0.15) is 37.7 Å². The number of nitriles is 1. The van der Waals surface area contributed by atoms with Crippen molar-refractivity contribution in [1.82, 2.24) is 9.97 Å². The van der Waals surface area contributed by atoms with Gasteiger partial charge < -0.3 is 11.1 Å². The molecule has 21 heavy (non-hydrogen) atoms. The molecule has 1 aromatic heterocycles. The molecule has 0 saturated heterocycles. The van der Waals surface area contributed by atoms with Gasteiger partial charge in [0.1, 0.15) is 17.5 Å². The van der Waals surface area contributed by atoms with Crippen molar-refractivity contribution in [1.29, 1.82) is 5.26 Å². The number of nitrogens with two attached hydrogens (primary N) is 1. The van der Waals surface area contributed by atoms with Crippen LogP contribution in [0.3, 0.4) is 0 Å². The number of anilines is 2. The summed E-state index contributed by atoms with van der Waals surface area (Å²) >= 11 is 0. The predicted octanol–water partition coefficient (Wildman–Crippen LogP) is 2.84. The largest absolute Gasteiger partial charge is 0.384 e. The van der Waals surface area contributed by atoms with Gasteiger partial charge in [0.2, 0.25) is 0 Å². The first-order chi connectivity index (χ1) is 9.88. The van der Waals surface area contributed by atoms with Gasteiger partial charge in [-0.25, -0.2) is 9.97 Å². The average molecular weight is 281 g/mol. The van der Waals surface area contributed by atoms with Crippen LogP contribution in [0, 0.1) is 11.3 Å². The maximum absolute atomic E-state index is 8.78. The smallest absolute Gasteiger partial charge is 0.138 e. The van der Waals surface area contributed by atoms with Crippen LogP contribution in [-0.4, -0.2) is 9.97 Å². The molecule has 0 amide bonds. The number of hydrogen-bond donors (Lipinski definition) is 2. The van der Waals surface area contributed by atoms with Crippen molar-refractivity contribution in [3.63, 3.8) is 0 Å². The Morgan fingerprint density at radius 2 is 1.86 bits per heavy atom. The Morgan fingerprint density at radius 3 is 2.43 bits per heavy atom. The number of hydrogen-bond acceptors (Lipinski definition) is 5. The third-order valence-corrected chi connectivity index (χ3v) is 2.97. The van der Waals surface area contributed by atoms with Gasteiger partial charge in [0.25, 0.3) is 0 Å². The highest BCUT2D eigenvalue weighted by molar-refractivity contribution is 5.46. The van der Waals surface area contributed by atoms with Crippen molar-refractivity contribution in [3.8, 4) is 6.07 Å². The maximum atomic E-state index is 8.78. The van der Waals surface area contributed by atoms with Gasteiger partial charge in [0.05, 0.1) is 11.6 Å². The molecule has 1 heterocycles. The molecule has 1 aromatic carbocycles. The minimum absolute atomic E-state index is 0.153. The molecule has 5 nitrogen and oxygen atoms in total. The Hall–Kier alpha value is -2.61. The van der Waals surface area contributed by atoms with Crippen LogP contribution in [0.15, 0.2) is 30.3 Å². The summed E-state index contributed by atoms with van der Waals surface area (Å²) in [6.07, 6.45) is 0. The van der Waals surface area contributed by atoms with E-state index in [9.17, 15) is 0 Å². The Morgan fingerprint density at radius 1 is 1.19 bits per heavy atom. The number of benzene rings is 1. The van der Waals surface area contributed by atoms with Crippen LogP contribution >= 0.6 is 0 Å². The first-order valence-corrected chi connectivity index (χ1v) is 6.76. The molecule has 2 aromatic rings. The summed E-state index contributed by atoms with van der Waals surface area (Å²) < 4.78 is 0. The van der Waals surface area contributed by atoms with Gasteiger partial charge in [0.15, 0.2) is 0 Å². The quantitative estimate of drug-likeness (QED) is 0.903. The summed E-state index contributed by atoms with van der Waals surface area (Å²) in [5, 5.41) is 12.0. The summed E-state index contributed by atoms with van der Waals surface area (Å²) in [4.78, 5) is 8.77. The summed E-state index contributed by atoms with van der Waals surface area (Å²) in [6.45, 7) is 6.76. The molecule has 0 aliphatic heterocycles. The minimum Gasteiger partial charge on any atom is -0.384 e. The number of rotatable bonds is 3. The zero-order chi connectivity index (χ0) is 15.5. The number of nitrogens with one attached hydrogen (secondary N) is 1. The van der Waals surface area contributed by atoms with Crippen LogP contribution in [0.25, 0.3) is 0 Å². The molecule has 0 aliphatic rings. The highest BCUT2D eigenvalue weighted by atomic mass is 15.1. The second kappa shape index (κ2) is 5.80. The van der Waals surface area contributed by atoms with E-state index in [0.717, 1.165) is 5.56 Å². The van der Waals surface area contributed by atoms with Gasteiger partial charge in [-0.1, -0.05) is 32.9 Å². The fourth-order valence-corrected chi connectivity index (χ4v) is 1.78. The van der Waals surface area contributed by atoms with Crippen molar-refractivity contribution in [2.45, 2.75) is 32.7 Å².